The Bertz CT molecular complexity index is 436. The molecular weight excluding hydrogens is 156 g/mol. The molecule has 2 rings (SSSR count). The van der Waals surface area contributed by atoms with Gasteiger partial charge in [-0.2, -0.15) is 0 Å². The smallest absolute Gasteiger partial charge is 0.340 e. The second-order valence-corrected chi connectivity index (χ2v) is 2.73. The number of hydrogen-bond acceptors (Lipinski definition) is 3. The molecule has 0 radical (unpaired) electrons. The SMILES string of the molecule is Cc1occc2c(C)c(=O)oc1-2. The normalized spacial score (nSPS) is 10.8. The third-order valence-corrected chi connectivity index (χ3v) is 1.95. The van der Waals surface area contributed by atoms with Crippen LogP contribution in [-0.4, -0.2) is 0 Å². The molecule has 62 valence electrons. The lowest BCUT2D eigenvalue weighted by Crippen LogP contribution is -1.93. The van der Waals surface area contributed by atoms with Crippen LogP contribution in [0.1, 0.15) is 11.3 Å². The molecule has 2 heterocycles. The van der Waals surface area contributed by atoms with Crippen LogP contribution >= 0.6 is 0 Å². The molecule has 0 saturated heterocycles. The Morgan fingerprint density at radius 1 is 1.33 bits per heavy atom. The maximum absolute atomic E-state index is 11.1. The third kappa shape index (κ3) is 0.794. The van der Waals surface area contributed by atoms with E-state index >= 15 is 0 Å². The van der Waals surface area contributed by atoms with Crippen LogP contribution < -0.4 is 5.63 Å². The van der Waals surface area contributed by atoms with Crippen LogP contribution in [0.5, 0.6) is 0 Å². The van der Waals surface area contributed by atoms with Gasteiger partial charge in [-0.15, -0.1) is 0 Å². The summed E-state index contributed by atoms with van der Waals surface area (Å²) in [6.07, 6.45) is 1.56. The fraction of sp³-hybridized carbons (Fsp3) is 0.222. The fourth-order valence-electron chi connectivity index (χ4n) is 1.22. The minimum Gasteiger partial charge on any atom is -0.466 e. The number of furan rings is 1. The van der Waals surface area contributed by atoms with E-state index in [0.29, 0.717) is 17.1 Å². The summed E-state index contributed by atoms with van der Waals surface area (Å²) in [5, 5.41) is 0. The van der Waals surface area contributed by atoms with Crippen LogP contribution in [0.3, 0.4) is 0 Å². The largest absolute Gasteiger partial charge is 0.466 e. The second kappa shape index (κ2) is 2.24. The van der Waals surface area contributed by atoms with Gasteiger partial charge >= 0.3 is 5.63 Å². The molecule has 0 bridgehead atoms. The first-order chi connectivity index (χ1) is 5.70. The first-order valence-electron chi connectivity index (χ1n) is 3.67. The van der Waals surface area contributed by atoms with E-state index in [1.165, 1.54) is 0 Å². The summed E-state index contributed by atoms with van der Waals surface area (Å²) in [4.78, 5) is 11.1. The molecule has 0 unspecified atom stereocenters. The molecule has 3 nitrogen and oxygen atoms in total. The van der Waals surface area contributed by atoms with Crippen molar-refractivity contribution in [2.45, 2.75) is 13.8 Å². The first kappa shape index (κ1) is 7.16. The number of rotatable bonds is 0. The molecule has 2 aliphatic heterocycles. The van der Waals surface area contributed by atoms with E-state index in [1.807, 2.05) is 0 Å². The van der Waals surface area contributed by atoms with E-state index in [0.717, 1.165) is 5.56 Å². The van der Waals surface area contributed by atoms with Crippen molar-refractivity contribution >= 4 is 0 Å². The van der Waals surface area contributed by atoms with Gasteiger partial charge in [-0.05, 0) is 19.9 Å². The van der Waals surface area contributed by atoms with Crippen molar-refractivity contribution in [3.63, 3.8) is 0 Å². The lowest BCUT2D eigenvalue weighted by atomic mass is 10.1. The predicted octanol–water partition coefficient (Wildman–Crippen LogP) is 1.95. The van der Waals surface area contributed by atoms with Gasteiger partial charge in [0.05, 0.1) is 6.26 Å². The van der Waals surface area contributed by atoms with E-state index in [2.05, 4.69) is 0 Å². The summed E-state index contributed by atoms with van der Waals surface area (Å²) in [6.45, 7) is 3.51. The highest BCUT2D eigenvalue weighted by molar-refractivity contribution is 5.63. The van der Waals surface area contributed by atoms with Crippen molar-refractivity contribution in [1.82, 2.24) is 0 Å². The molecule has 3 heteroatoms. The molecule has 0 aromatic carbocycles. The van der Waals surface area contributed by atoms with Crippen LogP contribution in [-0.2, 0) is 0 Å². The van der Waals surface area contributed by atoms with Gasteiger partial charge in [-0.25, -0.2) is 4.79 Å². The molecule has 0 amide bonds. The third-order valence-electron chi connectivity index (χ3n) is 1.95. The topological polar surface area (TPSA) is 43.4 Å². The Morgan fingerprint density at radius 3 is 2.75 bits per heavy atom. The summed E-state index contributed by atoms with van der Waals surface area (Å²) < 4.78 is 10.1. The molecule has 0 atom stereocenters. The highest BCUT2D eigenvalue weighted by Crippen LogP contribution is 2.26. The summed E-state index contributed by atoms with van der Waals surface area (Å²) in [5.41, 5.74) is 1.20. The van der Waals surface area contributed by atoms with Crippen LogP contribution in [0.4, 0.5) is 0 Å². The van der Waals surface area contributed by atoms with Gasteiger partial charge in [0.15, 0.2) is 5.76 Å². The van der Waals surface area contributed by atoms with E-state index in [4.69, 9.17) is 8.83 Å². The number of aryl methyl sites for hydroxylation is 1. The van der Waals surface area contributed by atoms with Gasteiger partial charge in [0, 0.05) is 11.1 Å². The lowest BCUT2D eigenvalue weighted by molar-refractivity contribution is 0.469. The quantitative estimate of drug-likeness (QED) is 0.597. The van der Waals surface area contributed by atoms with Gasteiger partial charge in [0.1, 0.15) is 5.76 Å². The van der Waals surface area contributed by atoms with Crippen molar-refractivity contribution in [2.24, 2.45) is 0 Å². The Morgan fingerprint density at radius 2 is 2.08 bits per heavy atom. The standard InChI is InChI=1S/C9H8O3/c1-5-7-3-4-11-6(2)8(7)12-9(5)10/h3-4H,1-2H3. The molecular formula is C9H8O3. The molecule has 0 aromatic rings. The molecule has 2 aliphatic rings. The van der Waals surface area contributed by atoms with Crippen molar-refractivity contribution in [3.05, 3.63) is 34.1 Å². The van der Waals surface area contributed by atoms with E-state index in [9.17, 15) is 4.79 Å². The highest BCUT2D eigenvalue weighted by atomic mass is 16.4. The fourth-order valence-corrected chi connectivity index (χ4v) is 1.22. The average Bonchev–Trinajstić information content (AvgIpc) is 2.32. The molecule has 0 aliphatic carbocycles. The zero-order valence-corrected chi connectivity index (χ0v) is 6.88. The summed E-state index contributed by atoms with van der Waals surface area (Å²) >= 11 is 0. The minimum atomic E-state index is -0.283. The highest BCUT2D eigenvalue weighted by Gasteiger charge is 2.16. The molecule has 0 spiro atoms. The van der Waals surface area contributed by atoms with Crippen LogP contribution in [0.15, 0.2) is 26.0 Å². The van der Waals surface area contributed by atoms with Gasteiger partial charge in [-0.1, -0.05) is 0 Å². The molecule has 0 aromatic heterocycles. The van der Waals surface area contributed by atoms with E-state index in [1.54, 1.807) is 26.2 Å². The van der Waals surface area contributed by atoms with Crippen molar-refractivity contribution < 1.29 is 8.83 Å². The van der Waals surface area contributed by atoms with Crippen molar-refractivity contribution in [2.75, 3.05) is 0 Å². The number of fused-ring (bicyclic) bond motifs is 1. The van der Waals surface area contributed by atoms with E-state index in [-0.39, 0.29) is 5.63 Å². The monoisotopic (exact) mass is 164 g/mol. The van der Waals surface area contributed by atoms with Crippen molar-refractivity contribution in [1.29, 1.82) is 0 Å². The number of hydrogen-bond donors (Lipinski definition) is 0. The van der Waals surface area contributed by atoms with E-state index < -0.39 is 0 Å². The van der Waals surface area contributed by atoms with Gasteiger partial charge in [-0.3, -0.25) is 0 Å². The van der Waals surface area contributed by atoms with Gasteiger partial charge in [0.2, 0.25) is 0 Å². The Balaban J connectivity index is 2.92. The minimum absolute atomic E-state index is 0.283. The van der Waals surface area contributed by atoms with Crippen LogP contribution in [0.2, 0.25) is 0 Å². The summed E-state index contributed by atoms with van der Waals surface area (Å²) in [7, 11) is 0. The zero-order valence-electron chi connectivity index (χ0n) is 6.88. The maximum Gasteiger partial charge on any atom is 0.340 e. The molecule has 0 N–H and O–H groups in total. The Hall–Kier alpha value is -1.51. The maximum atomic E-state index is 11.1. The zero-order chi connectivity index (χ0) is 8.72. The van der Waals surface area contributed by atoms with Crippen LogP contribution in [0, 0.1) is 13.8 Å². The Kier molecular flexibility index (Phi) is 1.33. The first-order valence-corrected chi connectivity index (χ1v) is 3.67. The van der Waals surface area contributed by atoms with Crippen LogP contribution in [0.25, 0.3) is 11.3 Å². The summed E-state index contributed by atoms with van der Waals surface area (Å²) in [6, 6.07) is 1.74. The molecule has 12 heavy (non-hydrogen) atoms. The Labute approximate surface area is 69.0 Å². The van der Waals surface area contributed by atoms with Gasteiger partial charge < -0.3 is 8.83 Å². The molecule has 0 saturated carbocycles. The second-order valence-electron chi connectivity index (χ2n) is 2.73. The predicted molar refractivity (Wildman–Crippen MR) is 43.3 cm³/mol. The average molecular weight is 164 g/mol. The lowest BCUT2D eigenvalue weighted by Gasteiger charge is -1.97. The van der Waals surface area contributed by atoms with Gasteiger partial charge in [0.25, 0.3) is 0 Å². The summed E-state index contributed by atoms with van der Waals surface area (Å²) in [5.74, 6) is 1.19. The molecule has 0 fully saturated rings. The van der Waals surface area contributed by atoms with Crippen molar-refractivity contribution in [3.8, 4) is 11.3 Å².